The third-order valence-corrected chi connectivity index (χ3v) is 5.43. The maximum absolute atomic E-state index is 14.5. The number of anilines is 2. The van der Waals surface area contributed by atoms with Crippen LogP contribution in [0.4, 0.5) is 25.0 Å². The van der Waals surface area contributed by atoms with Crippen LogP contribution < -0.4 is 10.2 Å². The number of amides is 2. The molecular formula is C20H20F2N6O. The summed E-state index contributed by atoms with van der Waals surface area (Å²) in [5.74, 6) is -0.469. The van der Waals surface area contributed by atoms with E-state index < -0.39 is 18.0 Å². The number of likely N-dealkylation sites (tertiary alicyclic amines) is 1. The number of fused-ring (bicyclic) bond motifs is 1. The third kappa shape index (κ3) is 3.37. The van der Waals surface area contributed by atoms with Crippen molar-refractivity contribution >= 4 is 28.4 Å². The molecule has 4 heterocycles. The van der Waals surface area contributed by atoms with Crippen LogP contribution in [0.3, 0.4) is 0 Å². The van der Waals surface area contributed by atoms with E-state index in [1.54, 1.807) is 12.4 Å². The molecule has 2 aromatic heterocycles. The van der Waals surface area contributed by atoms with Gasteiger partial charge in [-0.2, -0.15) is 0 Å². The maximum Gasteiger partial charge on any atom is 0.321 e. The van der Waals surface area contributed by atoms with Crippen LogP contribution in [0.5, 0.6) is 0 Å². The van der Waals surface area contributed by atoms with Crippen molar-refractivity contribution in [2.75, 3.05) is 36.4 Å². The number of carbonyl (C=O) groups is 1. The number of carbonyl (C=O) groups excluding carboxylic acids is 1. The van der Waals surface area contributed by atoms with Crippen LogP contribution in [0.15, 0.2) is 36.7 Å². The number of alkyl halides is 1. The first kappa shape index (κ1) is 17.8. The largest absolute Gasteiger partial charge is 0.370 e. The first-order valence-electron chi connectivity index (χ1n) is 9.67. The van der Waals surface area contributed by atoms with E-state index in [2.05, 4.69) is 20.3 Å². The molecule has 5 rings (SSSR count). The topological polar surface area (TPSA) is 66.3 Å². The molecule has 2 fully saturated rings. The molecule has 0 spiro atoms. The fourth-order valence-corrected chi connectivity index (χ4v) is 3.65. The summed E-state index contributed by atoms with van der Waals surface area (Å²) in [6.07, 6.45) is 4.03. The van der Waals surface area contributed by atoms with Gasteiger partial charge in [-0.05, 0) is 37.1 Å². The second-order valence-electron chi connectivity index (χ2n) is 7.45. The van der Waals surface area contributed by atoms with Crippen LogP contribution in [0.25, 0.3) is 16.7 Å². The Morgan fingerprint density at radius 2 is 2.07 bits per heavy atom. The molecule has 2 amide bonds. The molecule has 0 unspecified atom stereocenters. The summed E-state index contributed by atoms with van der Waals surface area (Å²) < 4.78 is 29.2. The van der Waals surface area contributed by atoms with Gasteiger partial charge in [-0.15, -0.1) is 5.10 Å². The van der Waals surface area contributed by atoms with Gasteiger partial charge in [0.2, 0.25) is 0 Å². The number of urea groups is 1. The Balaban J connectivity index is 1.41. The van der Waals surface area contributed by atoms with Gasteiger partial charge in [0.15, 0.2) is 5.65 Å². The quantitative estimate of drug-likeness (QED) is 0.735. The predicted octanol–water partition coefficient (Wildman–Crippen LogP) is 3.35. The average molecular weight is 398 g/mol. The van der Waals surface area contributed by atoms with E-state index in [-0.39, 0.29) is 12.2 Å². The lowest BCUT2D eigenvalue weighted by atomic mass is 10.2. The lowest BCUT2D eigenvalue weighted by Gasteiger charge is -2.32. The number of aromatic nitrogens is 3. The summed E-state index contributed by atoms with van der Waals surface area (Å²) in [4.78, 5) is 20.3. The Kier molecular flexibility index (Phi) is 4.30. The summed E-state index contributed by atoms with van der Waals surface area (Å²) in [6.45, 7) is 2.47. The highest BCUT2D eigenvalue weighted by Crippen LogP contribution is 2.25. The van der Waals surface area contributed by atoms with Gasteiger partial charge in [0, 0.05) is 36.9 Å². The molecule has 150 valence electrons. The molecule has 1 aromatic carbocycles. The highest BCUT2D eigenvalue weighted by Gasteiger charge is 2.26. The Morgan fingerprint density at radius 1 is 1.21 bits per heavy atom. The van der Waals surface area contributed by atoms with E-state index in [0.717, 1.165) is 24.2 Å². The minimum absolute atomic E-state index is 0.0788. The van der Waals surface area contributed by atoms with Crippen LogP contribution in [0, 0.1) is 5.82 Å². The lowest BCUT2D eigenvalue weighted by Crippen LogP contribution is -2.36. The summed E-state index contributed by atoms with van der Waals surface area (Å²) in [6, 6.07) is 5.86. The van der Waals surface area contributed by atoms with Crippen LogP contribution in [-0.4, -0.2) is 58.0 Å². The number of benzene rings is 1. The molecule has 2 aliphatic rings. The van der Waals surface area contributed by atoms with E-state index in [1.165, 1.54) is 34.2 Å². The minimum Gasteiger partial charge on any atom is -0.370 e. The summed E-state index contributed by atoms with van der Waals surface area (Å²) in [5.41, 5.74) is 2.18. The van der Waals surface area contributed by atoms with Crippen molar-refractivity contribution in [1.29, 1.82) is 0 Å². The molecule has 2 saturated heterocycles. The summed E-state index contributed by atoms with van der Waals surface area (Å²) in [5, 5.41) is 7.89. The Labute approximate surface area is 165 Å². The van der Waals surface area contributed by atoms with E-state index in [4.69, 9.17) is 0 Å². The van der Waals surface area contributed by atoms with Crippen molar-refractivity contribution in [1.82, 2.24) is 19.7 Å². The molecule has 7 nitrogen and oxygen atoms in total. The van der Waals surface area contributed by atoms with Crippen molar-refractivity contribution < 1.29 is 13.6 Å². The maximum atomic E-state index is 14.5. The fourth-order valence-electron chi connectivity index (χ4n) is 3.65. The zero-order valence-corrected chi connectivity index (χ0v) is 15.7. The van der Waals surface area contributed by atoms with Crippen LogP contribution in [0.1, 0.15) is 12.8 Å². The summed E-state index contributed by atoms with van der Waals surface area (Å²) >= 11 is 0. The van der Waals surface area contributed by atoms with Gasteiger partial charge in [-0.3, -0.25) is 0 Å². The Bertz CT molecular complexity index is 1080. The van der Waals surface area contributed by atoms with Crippen molar-refractivity contribution in [2.45, 2.75) is 19.0 Å². The number of hydrogen-bond acceptors (Lipinski definition) is 4. The minimum atomic E-state index is -0.991. The number of nitrogens with zero attached hydrogens (tertiary/aromatic N) is 5. The standard InChI is InChI=1S/C20H20F2N6O/c21-14-4-7-27(12-14)20(29)24-15-2-3-17(22)18(9-15)28-11-13-8-16(26-5-1-6-26)10-23-19(13)25-28/h2-3,8-11,14H,1,4-7,12H2,(H,24,29)/t14-/m1/s1. The number of halogens is 2. The van der Waals surface area contributed by atoms with Gasteiger partial charge in [0.25, 0.3) is 0 Å². The smallest absolute Gasteiger partial charge is 0.321 e. The molecule has 1 N–H and O–H groups in total. The first-order chi connectivity index (χ1) is 14.1. The molecule has 2 aliphatic heterocycles. The Morgan fingerprint density at radius 3 is 2.79 bits per heavy atom. The SMILES string of the molecule is O=C(Nc1ccc(F)c(-n2cc3cc(N4CCC4)cnc3n2)c1)N1CC[C@@H](F)C1. The van der Waals surface area contributed by atoms with Gasteiger partial charge in [-0.25, -0.2) is 23.2 Å². The van der Waals surface area contributed by atoms with Gasteiger partial charge in [0.05, 0.1) is 18.4 Å². The number of hydrogen-bond donors (Lipinski definition) is 1. The van der Waals surface area contributed by atoms with E-state index in [0.29, 0.717) is 24.3 Å². The molecule has 0 aliphatic carbocycles. The highest BCUT2D eigenvalue weighted by atomic mass is 19.1. The van der Waals surface area contributed by atoms with Crippen LogP contribution >= 0.6 is 0 Å². The number of rotatable bonds is 3. The van der Waals surface area contributed by atoms with Crippen molar-refractivity contribution in [3.63, 3.8) is 0 Å². The monoisotopic (exact) mass is 398 g/mol. The normalized spacial score (nSPS) is 18.9. The average Bonchev–Trinajstić information content (AvgIpc) is 3.27. The van der Waals surface area contributed by atoms with Gasteiger partial charge >= 0.3 is 6.03 Å². The first-order valence-corrected chi connectivity index (χ1v) is 9.67. The zero-order chi connectivity index (χ0) is 20.0. The predicted molar refractivity (Wildman–Crippen MR) is 106 cm³/mol. The van der Waals surface area contributed by atoms with Crippen molar-refractivity contribution in [2.24, 2.45) is 0 Å². The van der Waals surface area contributed by atoms with Crippen molar-refractivity contribution in [3.8, 4) is 5.69 Å². The molecule has 3 aromatic rings. The lowest BCUT2D eigenvalue weighted by molar-refractivity contribution is 0.218. The number of pyridine rings is 1. The van der Waals surface area contributed by atoms with Gasteiger partial charge in [-0.1, -0.05) is 0 Å². The Hall–Kier alpha value is -3.23. The van der Waals surface area contributed by atoms with E-state index >= 15 is 0 Å². The van der Waals surface area contributed by atoms with Gasteiger partial charge in [0.1, 0.15) is 17.7 Å². The highest BCUT2D eigenvalue weighted by molar-refractivity contribution is 5.90. The molecular weight excluding hydrogens is 378 g/mol. The second kappa shape index (κ2) is 6.98. The molecule has 1 atom stereocenters. The molecule has 29 heavy (non-hydrogen) atoms. The van der Waals surface area contributed by atoms with Crippen LogP contribution in [-0.2, 0) is 0 Å². The van der Waals surface area contributed by atoms with Crippen LogP contribution in [0.2, 0.25) is 0 Å². The van der Waals surface area contributed by atoms with E-state index in [1.807, 2.05) is 6.07 Å². The molecule has 0 radical (unpaired) electrons. The molecule has 0 saturated carbocycles. The second-order valence-corrected chi connectivity index (χ2v) is 7.45. The fraction of sp³-hybridized carbons (Fsp3) is 0.350. The number of nitrogens with one attached hydrogen (secondary N) is 1. The summed E-state index contributed by atoms with van der Waals surface area (Å²) in [7, 11) is 0. The third-order valence-electron chi connectivity index (χ3n) is 5.43. The van der Waals surface area contributed by atoms with Crippen molar-refractivity contribution in [3.05, 3.63) is 42.5 Å². The van der Waals surface area contributed by atoms with E-state index in [9.17, 15) is 13.6 Å². The zero-order valence-electron chi connectivity index (χ0n) is 15.7. The molecule has 0 bridgehead atoms. The molecule has 9 heteroatoms. The van der Waals surface area contributed by atoms with Gasteiger partial charge < -0.3 is 15.1 Å².